The van der Waals surface area contributed by atoms with Crippen LogP contribution >= 0.6 is 11.8 Å². The molecule has 25 heavy (non-hydrogen) atoms. The molecule has 8 heteroatoms. The van der Waals surface area contributed by atoms with E-state index in [4.69, 9.17) is 0 Å². The topological polar surface area (TPSA) is 75.3 Å². The van der Waals surface area contributed by atoms with Crippen LogP contribution in [0.5, 0.6) is 0 Å². The zero-order chi connectivity index (χ0) is 18.4. The zero-order valence-electron chi connectivity index (χ0n) is 13.9. The van der Waals surface area contributed by atoms with Crippen molar-refractivity contribution in [3.63, 3.8) is 0 Å². The molecule has 0 spiro atoms. The molecule has 0 saturated heterocycles. The van der Waals surface area contributed by atoms with E-state index < -0.39 is 10.0 Å². The van der Waals surface area contributed by atoms with Gasteiger partial charge in [-0.2, -0.15) is 0 Å². The number of carbonyl (C=O) groups excluding carboxylic acids is 1. The fraction of sp³-hybridized carbons (Fsp3) is 0.235. The van der Waals surface area contributed by atoms with E-state index in [1.807, 2.05) is 0 Å². The van der Waals surface area contributed by atoms with Crippen molar-refractivity contribution in [2.45, 2.75) is 23.1 Å². The Morgan fingerprint density at radius 3 is 2.48 bits per heavy atom. The maximum atomic E-state index is 12.8. The number of sulfonamides is 1. The van der Waals surface area contributed by atoms with E-state index >= 15 is 0 Å². The summed E-state index contributed by atoms with van der Waals surface area (Å²) >= 11 is 1.45. The van der Waals surface area contributed by atoms with Gasteiger partial charge in [0.2, 0.25) is 15.9 Å². The first-order valence-electron chi connectivity index (χ1n) is 7.54. The molecule has 0 unspecified atom stereocenters. The number of rotatable bonds is 7. The summed E-state index contributed by atoms with van der Waals surface area (Å²) in [5.74, 6) is 0.0189. The number of aryl methyl sites for hydroxylation is 1. The van der Waals surface area contributed by atoms with Crippen molar-refractivity contribution in [2.75, 3.05) is 18.1 Å². The number of nitrogens with one attached hydrogen (secondary N) is 2. The third kappa shape index (κ3) is 5.55. The molecule has 0 aliphatic rings. The Morgan fingerprint density at radius 2 is 1.84 bits per heavy atom. The van der Waals surface area contributed by atoms with E-state index in [2.05, 4.69) is 10.0 Å². The second-order valence-corrected chi connectivity index (χ2v) is 8.31. The van der Waals surface area contributed by atoms with Crippen molar-refractivity contribution in [3.05, 3.63) is 53.8 Å². The third-order valence-electron chi connectivity index (χ3n) is 3.44. The highest BCUT2D eigenvalue weighted by atomic mass is 32.2. The molecule has 0 saturated carbocycles. The van der Waals surface area contributed by atoms with Crippen LogP contribution in [-0.2, 0) is 14.8 Å². The van der Waals surface area contributed by atoms with Gasteiger partial charge in [0.15, 0.2) is 0 Å². The second kappa shape index (κ2) is 8.46. The van der Waals surface area contributed by atoms with E-state index in [1.165, 1.54) is 37.0 Å². The summed E-state index contributed by atoms with van der Waals surface area (Å²) in [6, 6.07) is 10.8. The number of carbonyl (C=O) groups is 1. The first-order valence-corrected chi connectivity index (χ1v) is 10.0. The van der Waals surface area contributed by atoms with Gasteiger partial charge in [-0.3, -0.25) is 4.79 Å². The predicted molar refractivity (Wildman–Crippen MR) is 97.8 cm³/mol. The minimum absolute atomic E-state index is 0.133. The van der Waals surface area contributed by atoms with E-state index in [1.54, 1.807) is 31.2 Å². The molecule has 0 fully saturated rings. The maximum Gasteiger partial charge on any atom is 0.240 e. The minimum Gasteiger partial charge on any atom is -0.326 e. The number of hydrogen-bond donors (Lipinski definition) is 2. The normalized spacial score (nSPS) is 11.3. The van der Waals surface area contributed by atoms with Crippen LogP contribution in [0.15, 0.2) is 52.3 Å². The van der Waals surface area contributed by atoms with Crippen molar-refractivity contribution in [1.82, 2.24) is 4.72 Å². The molecular formula is C17H19FN2O3S2. The molecule has 0 radical (unpaired) electrons. The highest BCUT2D eigenvalue weighted by Gasteiger charge is 2.15. The van der Waals surface area contributed by atoms with E-state index in [0.717, 1.165) is 4.90 Å². The quantitative estimate of drug-likeness (QED) is 0.722. The average molecular weight is 382 g/mol. The lowest BCUT2D eigenvalue weighted by Crippen LogP contribution is -2.20. The van der Waals surface area contributed by atoms with Gasteiger partial charge in [0.05, 0.1) is 4.90 Å². The van der Waals surface area contributed by atoms with Crippen LogP contribution in [0.3, 0.4) is 0 Å². The highest BCUT2D eigenvalue weighted by molar-refractivity contribution is 7.99. The maximum absolute atomic E-state index is 12.8. The average Bonchev–Trinajstić information content (AvgIpc) is 2.58. The molecule has 0 heterocycles. The standard InChI is InChI=1S/C17H19FN2O3S2/c1-12-3-6-14(11-16(12)25(22,23)19-2)20-17(21)9-10-24-15-7-4-13(18)5-8-15/h3-8,11,19H,9-10H2,1-2H3,(H,20,21). The van der Waals surface area contributed by atoms with Crippen LogP contribution < -0.4 is 10.0 Å². The summed E-state index contributed by atoms with van der Waals surface area (Å²) in [5.41, 5.74) is 1.02. The molecule has 5 nitrogen and oxygen atoms in total. The van der Waals surface area contributed by atoms with Crippen molar-refractivity contribution in [3.8, 4) is 0 Å². The number of hydrogen-bond acceptors (Lipinski definition) is 4. The Bertz CT molecular complexity index is 853. The zero-order valence-corrected chi connectivity index (χ0v) is 15.5. The van der Waals surface area contributed by atoms with Gasteiger partial charge < -0.3 is 5.32 Å². The molecule has 0 aromatic heterocycles. The summed E-state index contributed by atoms with van der Waals surface area (Å²) < 4.78 is 39.0. The van der Waals surface area contributed by atoms with Gasteiger partial charge in [-0.05, 0) is 55.9 Å². The number of benzene rings is 2. The summed E-state index contributed by atoms with van der Waals surface area (Å²) in [6.45, 7) is 1.69. The Hall–Kier alpha value is -1.90. The van der Waals surface area contributed by atoms with E-state index in [9.17, 15) is 17.6 Å². The SMILES string of the molecule is CNS(=O)(=O)c1cc(NC(=O)CCSc2ccc(F)cc2)ccc1C. The van der Waals surface area contributed by atoms with Crippen LogP contribution in [0.1, 0.15) is 12.0 Å². The van der Waals surface area contributed by atoms with Crippen molar-refractivity contribution in [1.29, 1.82) is 0 Å². The molecule has 0 atom stereocenters. The van der Waals surface area contributed by atoms with Crippen LogP contribution in [0.2, 0.25) is 0 Å². The number of thioether (sulfide) groups is 1. The molecule has 0 bridgehead atoms. The van der Waals surface area contributed by atoms with Crippen LogP contribution in [-0.4, -0.2) is 27.1 Å². The lowest BCUT2D eigenvalue weighted by Gasteiger charge is -2.10. The lowest BCUT2D eigenvalue weighted by molar-refractivity contribution is -0.115. The largest absolute Gasteiger partial charge is 0.326 e. The van der Waals surface area contributed by atoms with Gasteiger partial charge in [0.25, 0.3) is 0 Å². The molecule has 2 aromatic carbocycles. The summed E-state index contributed by atoms with van der Waals surface area (Å²) in [4.78, 5) is 13.0. The van der Waals surface area contributed by atoms with Crippen LogP contribution in [0.25, 0.3) is 0 Å². The number of anilines is 1. The van der Waals surface area contributed by atoms with Crippen molar-refractivity contribution in [2.24, 2.45) is 0 Å². The number of amides is 1. The molecule has 0 aliphatic heterocycles. The first-order chi connectivity index (χ1) is 11.8. The van der Waals surface area contributed by atoms with E-state index in [0.29, 0.717) is 17.0 Å². The van der Waals surface area contributed by atoms with Gasteiger partial charge in [0, 0.05) is 22.8 Å². The van der Waals surface area contributed by atoms with Gasteiger partial charge >= 0.3 is 0 Å². The van der Waals surface area contributed by atoms with Crippen LogP contribution in [0.4, 0.5) is 10.1 Å². The van der Waals surface area contributed by atoms with Crippen molar-refractivity contribution < 1.29 is 17.6 Å². The molecule has 2 aromatic rings. The third-order valence-corrected chi connectivity index (χ3v) is 6.01. The molecular weight excluding hydrogens is 363 g/mol. The Morgan fingerprint density at radius 1 is 1.16 bits per heavy atom. The highest BCUT2D eigenvalue weighted by Crippen LogP contribution is 2.21. The monoisotopic (exact) mass is 382 g/mol. The smallest absolute Gasteiger partial charge is 0.240 e. The summed E-state index contributed by atoms with van der Waals surface area (Å²) in [6.07, 6.45) is 0.254. The minimum atomic E-state index is -3.58. The fourth-order valence-corrected chi connectivity index (χ4v) is 3.94. The molecule has 1 amide bonds. The van der Waals surface area contributed by atoms with Crippen molar-refractivity contribution >= 4 is 33.4 Å². The first kappa shape index (κ1) is 19.4. The molecule has 134 valence electrons. The van der Waals surface area contributed by atoms with Gasteiger partial charge in [-0.1, -0.05) is 6.07 Å². The summed E-state index contributed by atoms with van der Waals surface area (Å²) in [7, 11) is -2.24. The van der Waals surface area contributed by atoms with Crippen LogP contribution in [0, 0.1) is 12.7 Å². The van der Waals surface area contributed by atoms with Gasteiger partial charge in [-0.15, -0.1) is 11.8 Å². The van der Waals surface area contributed by atoms with Gasteiger partial charge in [-0.25, -0.2) is 17.5 Å². The van der Waals surface area contributed by atoms with Gasteiger partial charge in [0.1, 0.15) is 5.82 Å². The van der Waals surface area contributed by atoms with E-state index in [-0.39, 0.29) is 23.0 Å². The second-order valence-electron chi connectivity index (χ2n) is 5.29. The Kier molecular flexibility index (Phi) is 6.57. The predicted octanol–water partition coefficient (Wildman–Crippen LogP) is 3.16. The Balaban J connectivity index is 1.94. The lowest BCUT2D eigenvalue weighted by atomic mass is 10.2. The molecule has 2 N–H and O–H groups in total. The molecule has 2 rings (SSSR count). The number of halogens is 1. The molecule has 0 aliphatic carbocycles. The fourth-order valence-electron chi connectivity index (χ4n) is 2.09. The Labute approximate surface area is 151 Å². The summed E-state index contributed by atoms with van der Waals surface area (Å²) in [5, 5.41) is 2.70.